The van der Waals surface area contributed by atoms with Crippen molar-refractivity contribution < 1.29 is 9.18 Å². The van der Waals surface area contributed by atoms with Gasteiger partial charge >= 0.3 is 0 Å². The van der Waals surface area contributed by atoms with Crippen LogP contribution in [0.25, 0.3) is 0 Å². The first-order valence-electron chi connectivity index (χ1n) is 6.55. The number of nitrogens with one attached hydrogen (secondary N) is 2. The van der Waals surface area contributed by atoms with E-state index >= 15 is 0 Å². The number of amides is 1. The highest BCUT2D eigenvalue weighted by Crippen LogP contribution is 2.24. The topological polar surface area (TPSA) is 41.1 Å². The molecule has 2 N–H and O–H groups in total. The summed E-state index contributed by atoms with van der Waals surface area (Å²) in [5.74, 6) is -0.578. The molecular formula is C16H16ClFN2O. The van der Waals surface area contributed by atoms with Crippen LogP contribution in [0, 0.1) is 5.82 Å². The van der Waals surface area contributed by atoms with Crippen molar-refractivity contribution in [2.24, 2.45) is 0 Å². The second-order valence-corrected chi connectivity index (χ2v) is 5.11. The molecule has 0 saturated heterocycles. The van der Waals surface area contributed by atoms with Crippen LogP contribution in [0.3, 0.4) is 0 Å². The van der Waals surface area contributed by atoms with E-state index < -0.39 is 5.82 Å². The molecule has 1 amide bonds. The van der Waals surface area contributed by atoms with Crippen molar-refractivity contribution in [2.75, 3.05) is 12.4 Å². The largest absolute Gasteiger partial charge is 0.379 e. The fraction of sp³-hybridized carbons (Fsp3) is 0.188. The van der Waals surface area contributed by atoms with Crippen molar-refractivity contribution in [2.45, 2.75) is 13.0 Å². The van der Waals surface area contributed by atoms with E-state index in [0.717, 1.165) is 11.3 Å². The predicted octanol–water partition coefficient (Wildman–Crippen LogP) is 4.01. The number of halogens is 2. The molecule has 0 aromatic heterocycles. The zero-order chi connectivity index (χ0) is 15.4. The van der Waals surface area contributed by atoms with E-state index in [1.54, 1.807) is 37.4 Å². The minimum atomic E-state index is -0.436. The maximum absolute atomic E-state index is 13.2. The Hall–Kier alpha value is -2.07. The molecule has 110 valence electrons. The lowest BCUT2D eigenvalue weighted by Gasteiger charge is -2.16. The van der Waals surface area contributed by atoms with Crippen LogP contribution in [0.5, 0.6) is 0 Å². The molecule has 0 aliphatic carbocycles. The second-order valence-electron chi connectivity index (χ2n) is 4.70. The molecule has 2 rings (SSSR count). The summed E-state index contributed by atoms with van der Waals surface area (Å²) >= 11 is 5.79. The number of carbonyl (C=O) groups is 1. The predicted molar refractivity (Wildman–Crippen MR) is 83.3 cm³/mol. The summed E-state index contributed by atoms with van der Waals surface area (Å²) in [7, 11) is 1.59. The Kier molecular flexibility index (Phi) is 4.81. The molecule has 2 aromatic carbocycles. The van der Waals surface area contributed by atoms with Crippen LogP contribution < -0.4 is 10.6 Å². The molecule has 0 aliphatic heterocycles. The van der Waals surface area contributed by atoms with Gasteiger partial charge in [-0.2, -0.15) is 0 Å². The summed E-state index contributed by atoms with van der Waals surface area (Å²) in [5.41, 5.74) is 2.25. The Bertz CT molecular complexity index is 660. The number of benzene rings is 2. The van der Waals surface area contributed by atoms with Crippen molar-refractivity contribution in [3.8, 4) is 0 Å². The van der Waals surface area contributed by atoms with Gasteiger partial charge in [-0.05, 0) is 42.8 Å². The zero-order valence-corrected chi connectivity index (χ0v) is 12.5. The highest BCUT2D eigenvalue weighted by molar-refractivity contribution is 6.30. The standard InChI is InChI=1S/C16H16ClFN2O/c1-10(11-6-7-15(18)14(17)9-11)20-13-5-3-4-12(8-13)16(21)19-2/h3-10,20H,1-2H3,(H,19,21). The second kappa shape index (κ2) is 6.59. The van der Waals surface area contributed by atoms with Crippen LogP contribution in [0.15, 0.2) is 42.5 Å². The van der Waals surface area contributed by atoms with Crippen molar-refractivity contribution in [3.05, 3.63) is 64.4 Å². The fourth-order valence-electron chi connectivity index (χ4n) is 2.01. The third kappa shape index (κ3) is 3.73. The Labute approximate surface area is 128 Å². The van der Waals surface area contributed by atoms with E-state index in [9.17, 15) is 9.18 Å². The van der Waals surface area contributed by atoms with Crippen molar-refractivity contribution >= 4 is 23.2 Å². The highest BCUT2D eigenvalue weighted by atomic mass is 35.5. The molecule has 1 unspecified atom stereocenters. The molecular weight excluding hydrogens is 291 g/mol. The van der Waals surface area contributed by atoms with Crippen LogP contribution in [0.2, 0.25) is 5.02 Å². The van der Waals surface area contributed by atoms with Crippen LogP contribution in [0.4, 0.5) is 10.1 Å². The first-order chi connectivity index (χ1) is 10.0. The number of carbonyl (C=O) groups excluding carboxylic acids is 1. The lowest BCUT2D eigenvalue weighted by atomic mass is 10.1. The van der Waals surface area contributed by atoms with Gasteiger partial charge < -0.3 is 10.6 Å². The minimum absolute atomic E-state index is 0.0666. The smallest absolute Gasteiger partial charge is 0.251 e. The molecule has 5 heteroatoms. The summed E-state index contributed by atoms with van der Waals surface area (Å²) in [4.78, 5) is 11.6. The third-order valence-electron chi connectivity index (χ3n) is 3.18. The number of anilines is 1. The monoisotopic (exact) mass is 306 g/mol. The Morgan fingerprint density at radius 1 is 1.24 bits per heavy atom. The molecule has 0 radical (unpaired) electrons. The van der Waals surface area contributed by atoms with Crippen LogP contribution >= 0.6 is 11.6 Å². The summed E-state index contributed by atoms with van der Waals surface area (Å²) in [5, 5.41) is 5.94. The Balaban J connectivity index is 2.17. The van der Waals surface area contributed by atoms with Gasteiger partial charge in [0.1, 0.15) is 5.82 Å². The summed E-state index contributed by atoms with van der Waals surface area (Å²) in [6, 6.07) is 11.7. The molecule has 1 atom stereocenters. The lowest BCUT2D eigenvalue weighted by molar-refractivity contribution is 0.0963. The van der Waals surface area contributed by atoms with Gasteiger partial charge in [-0.1, -0.05) is 23.7 Å². The summed E-state index contributed by atoms with van der Waals surface area (Å²) in [6.45, 7) is 1.94. The average molecular weight is 307 g/mol. The van der Waals surface area contributed by atoms with Gasteiger partial charge in [-0.25, -0.2) is 4.39 Å². The van der Waals surface area contributed by atoms with Gasteiger partial charge in [0.15, 0.2) is 0 Å². The van der Waals surface area contributed by atoms with Crippen molar-refractivity contribution in [3.63, 3.8) is 0 Å². The van der Waals surface area contributed by atoms with E-state index in [2.05, 4.69) is 10.6 Å². The summed E-state index contributed by atoms with van der Waals surface area (Å²) in [6.07, 6.45) is 0. The lowest BCUT2D eigenvalue weighted by Crippen LogP contribution is -2.18. The Morgan fingerprint density at radius 2 is 2.00 bits per heavy atom. The molecule has 0 aliphatic rings. The number of hydrogen-bond donors (Lipinski definition) is 2. The molecule has 0 bridgehead atoms. The van der Waals surface area contributed by atoms with Crippen LogP contribution in [-0.2, 0) is 0 Å². The highest BCUT2D eigenvalue weighted by Gasteiger charge is 2.09. The molecule has 0 saturated carbocycles. The maximum atomic E-state index is 13.2. The van der Waals surface area contributed by atoms with Crippen molar-refractivity contribution in [1.82, 2.24) is 5.32 Å². The van der Waals surface area contributed by atoms with Gasteiger partial charge in [-0.3, -0.25) is 4.79 Å². The van der Waals surface area contributed by atoms with E-state index in [4.69, 9.17) is 11.6 Å². The van der Waals surface area contributed by atoms with E-state index in [-0.39, 0.29) is 17.0 Å². The van der Waals surface area contributed by atoms with E-state index in [1.807, 2.05) is 13.0 Å². The zero-order valence-electron chi connectivity index (χ0n) is 11.8. The molecule has 3 nitrogen and oxygen atoms in total. The molecule has 0 fully saturated rings. The SMILES string of the molecule is CNC(=O)c1cccc(NC(C)c2ccc(F)c(Cl)c2)c1. The van der Waals surface area contributed by atoms with Gasteiger partial charge in [0.05, 0.1) is 5.02 Å². The van der Waals surface area contributed by atoms with Gasteiger partial charge in [0.2, 0.25) is 0 Å². The van der Waals surface area contributed by atoms with E-state index in [0.29, 0.717) is 5.56 Å². The maximum Gasteiger partial charge on any atom is 0.251 e. The quantitative estimate of drug-likeness (QED) is 0.896. The molecule has 0 spiro atoms. The first-order valence-corrected chi connectivity index (χ1v) is 6.92. The summed E-state index contributed by atoms with van der Waals surface area (Å²) < 4.78 is 13.2. The number of rotatable bonds is 4. The minimum Gasteiger partial charge on any atom is -0.379 e. The fourth-order valence-corrected chi connectivity index (χ4v) is 2.20. The molecule has 2 aromatic rings. The van der Waals surface area contributed by atoms with Crippen LogP contribution in [0.1, 0.15) is 28.9 Å². The molecule has 0 heterocycles. The average Bonchev–Trinajstić information content (AvgIpc) is 2.49. The van der Waals surface area contributed by atoms with Gasteiger partial charge in [-0.15, -0.1) is 0 Å². The third-order valence-corrected chi connectivity index (χ3v) is 3.47. The Morgan fingerprint density at radius 3 is 2.67 bits per heavy atom. The van der Waals surface area contributed by atoms with Crippen molar-refractivity contribution in [1.29, 1.82) is 0 Å². The van der Waals surface area contributed by atoms with Gasteiger partial charge in [0.25, 0.3) is 5.91 Å². The van der Waals surface area contributed by atoms with E-state index in [1.165, 1.54) is 6.07 Å². The first kappa shape index (κ1) is 15.3. The normalized spacial score (nSPS) is 11.8. The number of hydrogen-bond acceptors (Lipinski definition) is 2. The molecule has 21 heavy (non-hydrogen) atoms. The van der Waals surface area contributed by atoms with Gasteiger partial charge in [0, 0.05) is 24.3 Å². The van der Waals surface area contributed by atoms with Crippen LogP contribution in [-0.4, -0.2) is 13.0 Å².